The first-order valence-corrected chi connectivity index (χ1v) is 5.45. The lowest BCUT2D eigenvalue weighted by Crippen LogP contribution is -2.02. The Kier molecular flexibility index (Phi) is 10.1. The Bertz CT molecular complexity index is 171. The van der Waals surface area contributed by atoms with Crippen LogP contribution in [0.2, 0.25) is 0 Å². The summed E-state index contributed by atoms with van der Waals surface area (Å²) in [7, 11) is -1.60. The van der Waals surface area contributed by atoms with Gasteiger partial charge in [0, 0.05) is 0 Å². The predicted octanol–water partition coefficient (Wildman–Crippen LogP) is 1.21. The second-order valence-electron chi connectivity index (χ2n) is 1.29. The predicted molar refractivity (Wildman–Crippen MR) is 47.8 cm³/mol. The third-order valence-electron chi connectivity index (χ3n) is 0.525. The standard InChI is InChI=1S/C2H3F2I.C2H6O4S/c3-2(4)1-5;1-5-7(3,4)6-2/h2H,1H2;1-2H3. The molecule has 8 heteroatoms. The van der Waals surface area contributed by atoms with Crippen molar-refractivity contribution < 1.29 is 25.6 Å². The molecule has 76 valence electrons. The SMILES string of the molecule is COS(=O)(=O)OC.FC(F)CI. The van der Waals surface area contributed by atoms with Gasteiger partial charge >= 0.3 is 10.4 Å². The highest BCUT2D eigenvalue weighted by molar-refractivity contribution is 14.1. The summed E-state index contributed by atoms with van der Waals surface area (Å²) in [6.45, 7) is 0. The van der Waals surface area contributed by atoms with Crippen LogP contribution in [0, 0.1) is 0 Å². The molecule has 0 radical (unpaired) electrons. The second-order valence-corrected chi connectivity index (χ2v) is 3.65. The van der Waals surface area contributed by atoms with E-state index in [1.165, 1.54) is 0 Å². The molecule has 0 aromatic heterocycles. The zero-order valence-electron chi connectivity index (χ0n) is 6.46. The van der Waals surface area contributed by atoms with Crippen molar-refractivity contribution in [3.05, 3.63) is 0 Å². The third-order valence-corrected chi connectivity index (χ3v) is 2.01. The highest BCUT2D eigenvalue weighted by Crippen LogP contribution is 1.94. The smallest absolute Gasteiger partial charge is 0.252 e. The molecule has 0 aromatic rings. The Morgan fingerprint density at radius 2 is 1.58 bits per heavy atom. The van der Waals surface area contributed by atoms with E-state index in [0.29, 0.717) is 0 Å². The van der Waals surface area contributed by atoms with Gasteiger partial charge in [-0.2, -0.15) is 8.42 Å². The summed E-state index contributed by atoms with van der Waals surface area (Å²) < 4.78 is 49.0. The van der Waals surface area contributed by atoms with E-state index < -0.39 is 16.8 Å². The number of rotatable bonds is 3. The number of halogens is 3. The van der Waals surface area contributed by atoms with Crippen LogP contribution in [-0.2, 0) is 18.8 Å². The molecule has 0 aliphatic heterocycles. The molecular formula is C4H9F2IO4S. The molecule has 0 saturated heterocycles. The molecule has 0 amide bonds. The lowest BCUT2D eigenvalue weighted by atomic mass is 10.9. The van der Waals surface area contributed by atoms with Gasteiger partial charge < -0.3 is 0 Å². The summed E-state index contributed by atoms with van der Waals surface area (Å²) in [6, 6.07) is 0. The van der Waals surface area contributed by atoms with Crippen LogP contribution in [0.5, 0.6) is 0 Å². The second kappa shape index (κ2) is 8.08. The molecule has 0 unspecified atom stereocenters. The van der Waals surface area contributed by atoms with Gasteiger partial charge in [-0.1, -0.05) is 22.6 Å². The van der Waals surface area contributed by atoms with Crippen LogP contribution < -0.4 is 0 Å². The molecule has 0 heterocycles. The summed E-state index contributed by atoms with van der Waals surface area (Å²) in [6.07, 6.45) is -2.13. The maximum absolute atomic E-state index is 10.8. The molecular weight excluding hydrogens is 309 g/mol. The Balaban J connectivity index is 0. The minimum atomic E-state index is -3.66. The van der Waals surface area contributed by atoms with Crippen molar-refractivity contribution in [2.24, 2.45) is 0 Å². The minimum absolute atomic E-state index is 0.0578. The van der Waals surface area contributed by atoms with Crippen LogP contribution >= 0.6 is 22.6 Å². The monoisotopic (exact) mass is 318 g/mol. The van der Waals surface area contributed by atoms with E-state index >= 15 is 0 Å². The number of hydrogen-bond donors (Lipinski definition) is 0. The minimum Gasteiger partial charge on any atom is -0.252 e. The largest absolute Gasteiger partial charge is 0.399 e. The van der Waals surface area contributed by atoms with Crippen LogP contribution in [-0.4, -0.2) is 33.5 Å². The fourth-order valence-corrected chi connectivity index (χ4v) is 0.204. The van der Waals surface area contributed by atoms with Gasteiger partial charge in [0.2, 0.25) is 6.43 Å². The Hall–Kier alpha value is 0.460. The van der Waals surface area contributed by atoms with E-state index in [4.69, 9.17) is 0 Å². The van der Waals surface area contributed by atoms with Gasteiger partial charge in [-0.3, -0.25) is 8.37 Å². The van der Waals surface area contributed by atoms with Crippen LogP contribution in [0.4, 0.5) is 8.78 Å². The molecule has 0 aromatic carbocycles. The molecule has 0 rings (SSSR count). The van der Waals surface area contributed by atoms with Crippen LogP contribution in [0.15, 0.2) is 0 Å². The lowest BCUT2D eigenvalue weighted by Gasteiger charge is -1.91. The summed E-state index contributed by atoms with van der Waals surface area (Å²) in [5.74, 6) is 0. The molecule has 12 heavy (non-hydrogen) atoms. The molecule has 0 aliphatic rings. The first kappa shape index (κ1) is 15.0. The Labute approximate surface area is 83.7 Å². The van der Waals surface area contributed by atoms with Gasteiger partial charge in [0.05, 0.1) is 18.6 Å². The van der Waals surface area contributed by atoms with Crippen molar-refractivity contribution in [1.82, 2.24) is 0 Å². The molecule has 0 N–H and O–H groups in total. The van der Waals surface area contributed by atoms with Gasteiger partial charge in [0.1, 0.15) is 0 Å². The summed E-state index contributed by atoms with van der Waals surface area (Å²) in [5.41, 5.74) is 0. The molecule has 0 bridgehead atoms. The average molecular weight is 318 g/mol. The highest BCUT2D eigenvalue weighted by atomic mass is 127. The maximum Gasteiger partial charge on any atom is 0.399 e. The van der Waals surface area contributed by atoms with E-state index in [9.17, 15) is 17.2 Å². The molecule has 0 aliphatic carbocycles. The highest BCUT2D eigenvalue weighted by Gasteiger charge is 2.01. The number of hydrogen-bond acceptors (Lipinski definition) is 4. The van der Waals surface area contributed by atoms with Crippen LogP contribution in [0.25, 0.3) is 0 Å². The molecule has 0 spiro atoms. The summed E-state index contributed by atoms with van der Waals surface area (Å²) in [5, 5.41) is 0. The third kappa shape index (κ3) is 13.1. The van der Waals surface area contributed by atoms with E-state index in [2.05, 4.69) is 8.37 Å². The molecule has 4 nitrogen and oxygen atoms in total. The van der Waals surface area contributed by atoms with Gasteiger partial charge in [-0.25, -0.2) is 8.78 Å². The van der Waals surface area contributed by atoms with Gasteiger partial charge in [0.25, 0.3) is 0 Å². The summed E-state index contributed by atoms with van der Waals surface area (Å²) in [4.78, 5) is 0. The quantitative estimate of drug-likeness (QED) is 0.580. The normalized spacial score (nSPS) is 10.8. The first-order valence-electron chi connectivity index (χ1n) is 2.60. The van der Waals surface area contributed by atoms with Crippen molar-refractivity contribution in [2.75, 3.05) is 18.6 Å². The van der Waals surface area contributed by atoms with E-state index in [0.717, 1.165) is 14.2 Å². The average Bonchev–Trinajstić information content (AvgIpc) is 2.05. The summed E-state index contributed by atoms with van der Waals surface area (Å²) >= 11 is 1.63. The van der Waals surface area contributed by atoms with Crippen molar-refractivity contribution >= 4 is 33.0 Å². The fourth-order valence-electron chi connectivity index (χ4n) is 0.0680. The zero-order chi connectivity index (χ0) is 10.2. The fraction of sp³-hybridized carbons (Fsp3) is 1.00. The van der Waals surface area contributed by atoms with Gasteiger partial charge in [0.15, 0.2) is 0 Å². The molecule has 0 saturated carbocycles. The van der Waals surface area contributed by atoms with Crippen molar-refractivity contribution in [1.29, 1.82) is 0 Å². The van der Waals surface area contributed by atoms with Crippen molar-refractivity contribution in [2.45, 2.75) is 6.43 Å². The lowest BCUT2D eigenvalue weighted by molar-refractivity contribution is 0.180. The van der Waals surface area contributed by atoms with E-state index in [1.54, 1.807) is 22.6 Å². The topological polar surface area (TPSA) is 52.6 Å². The van der Waals surface area contributed by atoms with Crippen LogP contribution in [0.1, 0.15) is 0 Å². The van der Waals surface area contributed by atoms with Crippen molar-refractivity contribution in [3.63, 3.8) is 0 Å². The Morgan fingerprint density at radius 3 is 1.58 bits per heavy atom. The van der Waals surface area contributed by atoms with E-state index in [1.807, 2.05) is 0 Å². The number of alkyl halides is 3. The van der Waals surface area contributed by atoms with Gasteiger partial charge in [-0.15, -0.1) is 0 Å². The van der Waals surface area contributed by atoms with Crippen LogP contribution in [0.3, 0.4) is 0 Å². The van der Waals surface area contributed by atoms with Gasteiger partial charge in [-0.05, 0) is 0 Å². The molecule has 0 atom stereocenters. The first-order chi connectivity index (χ1) is 5.39. The van der Waals surface area contributed by atoms with E-state index in [-0.39, 0.29) is 4.43 Å². The molecule has 0 fully saturated rings. The maximum atomic E-state index is 10.8. The Morgan fingerprint density at radius 1 is 1.33 bits per heavy atom. The zero-order valence-corrected chi connectivity index (χ0v) is 9.43. The van der Waals surface area contributed by atoms with Crippen molar-refractivity contribution in [3.8, 4) is 0 Å².